The van der Waals surface area contributed by atoms with E-state index in [4.69, 9.17) is 9.47 Å². The molecule has 19 heavy (non-hydrogen) atoms. The van der Waals surface area contributed by atoms with Crippen LogP contribution in [0.3, 0.4) is 0 Å². The Morgan fingerprint density at radius 1 is 1.32 bits per heavy atom. The van der Waals surface area contributed by atoms with E-state index in [0.717, 1.165) is 34.8 Å². The quantitative estimate of drug-likeness (QED) is 0.916. The molecule has 1 aliphatic heterocycles. The van der Waals surface area contributed by atoms with Crippen molar-refractivity contribution in [3.8, 4) is 11.5 Å². The topological polar surface area (TPSA) is 46.1 Å². The predicted molar refractivity (Wildman–Crippen MR) is 79.0 cm³/mol. The molecule has 1 aliphatic rings. The van der Waals surface area contributed by atoms with Crippen molar-refractivity contribution in [2.24, 2.45) is 4.99 Å². The van der Waals surface area contributed by atoms with E-state index < -0.39 is 0 Å². The van der Waals surface area contributed by atoms with Crippen molar-refractivity contribution >= 4 is 21.9 Å². The van der Waals surface area contributed by atoms with E-state index >= 15 is 0 Å². The summed E-state index contributed by atoms with van der Waals surface area (Å²) >= 11 is 3.55. The maximum Gasteiger partial charge on any atom is 0.194 e. The molecular formula is C13H18BrN3O2. The third-order valence-corrected chi connectivity index (χ3v) is 3.79. The molecule has 0 fully saturated rings. The summed E-state index contributed by atoms with van der Waals surface area (Å²) in [7, 11) is 5.30. The third kappa shape index (κ3) is 3.12. The lowest BCUT2D eigenvalue weighted by Crippen LogP contribution is -2.35. The van der Waals surface area contributed by atoms with Crippen LogP contribution in [0.1, 0.15) is 5.56 Å². The summed E-state index contributed by atoms with van der Waals surface area (Å²) in [4.78, 5) is 6.50. The zero-order valence-corrected chi connectivity index (χ0v) is 13.0. The highest BCUT2D eigenvalue weighted by Crippen LogP contribution is 2.33. The number of benzene rings is 1. The highest BCUT2D eigenvalue weighted by molar-refractivity contribution is 9.10. The van der Waals surface area contributed by atoms with E-state index in [9.17, 15) is 0 Å². The SMILES string of the molecule is COc1cc(Br)c(CNC2=NCCN2C)cc1OC. The molecule has 5 nitrogen and oxygen atoms in total. The molecule has 104 valence electrons. The van der Waals surface area contributed by atoms with Crippen molar-refractivity contribution in [2.45, 2.75) is 6.54 Å². The Balaban J connectivity index is 2.11. The summed E-state index contributed by atoms with van der Waals surface area (Å²) in [5.74, 6) is 2.37. The first-order valence-corrected chi connectivity index (χ1v) is 6.85. The molecule has 0 saturated carbocycles. The zero-order valence-electron chi connectivity index (χ0n) is 11.4. The Bertz CT molecular complexity index is 491. The van der Waals surface area contributed by atoms with E-state index in [-0.39, 0.29) is 0 Å². The molecule has 1 aromatic rings. The van der Waals surface area contributed by atoms with Crippen LogP contribution in [0.15, 0.2) is 21.6 Å². The fourth-order valence-electron chi connectivity index (χ4n) is 1.93. The van der Waals surface area contributed by atoms with Gasteiger partial charge in [-0.1, -0.05) is 15.9 Å². The van der Waals surface area contributed by atoms with Gasteiger partial charge in [-0.25, -0.2) is 0 Å². The van der Waals surface area contributed by atoms with Gasteiger partial charge in [-0.05, 0) is 17.7 Å². The van der Waals surface area contributed by atoms with E-state index in [0.29, 0.717) is 12.3 Å². The van der Waals surface area contributed by atoms with Gasteiger partial charge in [0, 0.05) is 24.6 Å². The molecule has 0 atom stereocenters. The second kappa shape index (κ2) is 6.14. The van der Waals surface area contributed by atoms with Crippen molar-refractivity contribution in [2.75, 3.05) is 34.4 Å². The highest BCUT2D eigenvalue weighted by Gasteiger charge is 2.14. The largest absolute Gasteiger partial charge is 0.493 e. The highest BCUT2D eigenvalue weighted by atomic mass is 79.9. The number of halogens is 1. The van der Waals surface area contributed by atoms with Gasteiger partial charge >= 0.3 is 0 Å². The molecule has 1 aromatic carbocycles. The first kappa shape index (κ1) is 14.0. The molecule has 0 saturated heterocycles. The third-order valence-electron chi connectivity index (χ3n) is 3.05. The fraction of sp³-hybridized carbons (Fsp3) is 0.462. The van der Waals surface area contributed by atoms with Gasteiger partial charge in [0.2, 0.25) is 0 Å². The normalized spacial score (nSPS) is 14.3. The lowest BCUT2D eigenvalue weighted by Gasteiger charge is -2.17. The predicted octanol–water partition coefficient (Wildman–Crippen LogP) is 1.86. The number of rotatable bonds is 4. The first-order valence-electron chi connectivity index (χ1n) is 6.05. The zero-order chi connectivity index (χ0) is 13.8. The maximum atomic E-state index is 5.31. The van der Waals surface area contributed by atoms with Crippen molar-refractivity contribution in [3.05, 3.63) is 22.2 Å². The molecule has 1 N–H and O–H groups in total. The fourth-order valence-corrected chi connectivity index (χ4v) is 2.39. The van der Waals surface area contributed by atoms with Crippen LogP contribution in [-0.2, 0) is 6.54 Å². The van der Waals surface area contributed by atoms with Crippen LogP contribution >= 0.6 is 15.9 Å². The molecule has 0 unspecified atom stereocenters. The van der Waals surface area contributed by atoms with Crippen molar-refractivity contribution < 1.29 is 9.47 Å². The Morgan fingerprint density at radius 2 is 2.00 bits per heavy atom. The van der Waals surface area contributed by atoms with Crippen LogP contribution in [0.5, 0.6) is 11.5 Å². The van der Waals surface area contributed by atoms with Crippen molar-refractivity contribution in [1.29, 1.82) is 0 Å². The molecule has 0 spiro atoms. The number of hydrogen-bond acceptors (Lipinski definition) is 5. The van der Waals surface area contributed by atoms with Crippen LogP contribution in [0, 0.1) is 0 Å². The Labute approximate surface area is 121 Å². The summed E-state index contributed by atoms with van der Waals surface area (Å²) < 4.78 is 11.6. The van der Waals surface area contributed by atoms with E-state index in [1.54, 1.807) is 14.2 Å². The molecule has 0 aromatic heterocycles. The number of likely N-dealkylation sites (N-methyl/N-ethyl adjacent to an activating group) is 1. The number of methoxy groups -OCH3 is 2. The Kier molecular flexibility index (Phi) is 4.52. The van der Waals surface area contributed by atoms with Gasteiger partial charge < -0.3 is 19.7 Å². The van der Waals surface area contributed by atoms with Gasteiger partial charge in [0.15, 0.2) is 17.5 Å². The van der Waals surface area contributed by atoms with Crippen LogP contribution in [-0.4, -0.2) is 45.2 Å². The van der Waals surface area contributed by atoms with Crippen molar-refractivity contribution in [3.63, 3.8) is 0 Å². The van der Waals surface area contributed by atoms with Gasteiger partial charge in [0.1, 0.15) is 0 Å². The van der Waals surface area contributed by atoms with E-state index in [2.05, 4.69) is 31.1 Å². The van der Waals surface area contributed by atoms with Gasteiger partial charge in [-0.2, -0.15) is 0 Å². The standard InChI is InChI=1S/C13H18BrN3O2/c1-17-5-4-15-13(17)16-8-9-6-11(18-2)12(19-3)7-10(9)14/h6-7H,4-5,8H2,1-3H3,(H,15,16). The number of guanidine groups is 1. The summed E-state index contributed by atoms with van der Waals surface area (Å²) in [6.45, 7) is 2.51. The molecule has 0 amide bonds. The molecule has 0 bridgehead atoms. The van der Waals surface area contributed by atoms with E-state index in [1.807, 2.05) is 19.2 Å². The number of ether oxygens (including phenoxy) is 2. The van der Waals surface area contributed by atoms with Crippen molar-refractivity contribution in [1.82, 2.24) is 10.2 Å². The summed E-state index contributed by atoms with van der Waals surface area (Å²) in [5, 5.41) is 3.33. The Morgan fingerprint density at radius 3 is 2.58 bits per heavy atom. The lowest BCUT2D eigenvalue weighted by molar-refractivity contribution is 0.354. The maximum absolute atomic E-state index is 5.31. The Hall–Kier alpha value is -1.43. The monoisotopic (exact) mass is 327 g/mol. The average molecular weight is 328 g/mol. The molecule has 0 radical (unpaired) electrons. The van der Waals surface area contributed by atoms with E-state index in [1.165, 1.54) is 0 Å². The summed E-state index contributed by atoms with van der Waals surface area (Å²) in [6, 6.07) is 3.88. The minimum absolute atomic E-state index is 0.685. The molecule has 2 rings (SSSR count). The smallest absolute Gasteiger partial charge is 0.194 e. The summed E-state index contributed by atoms with van der Waals surface area (Å²) in [6.07, 6.45) is 0. The van der Waals surface area contributed by atoms with Crippen LogP contribution < -0.4 is 14.8 Å². The van der Waals surface area contributed by atoms with Crippen LogP contribution in [0.4, 0.5) is 0 Å². The van der Waals surface area contributed by atoms with Gasteiger partial charge in [0.25, 0.3) is 0 Å². The molecule has 1 heterocycles. The van der Waals surface area contributed by atoms with Gasteiger partial charge in [-0.3, -0.25) is 4.99 Å². The van der Waals surface area contributed by atoms with Gasteiger partial charge in [0.05, 0.1) is 20.8 Å². The summed E-state index contributed by atoms with van der Waals surface area (Å²) in [5.41, 5.74) is 1.10. The second-order valence-electron chi connectivity index (χ2n) is 4.28. The van der Waals surface area contributed by atoms with Crippen LogP contribution in [0.25, 0.3) is 0 Å². The number of nitrogens with zero attached hydrogens (tertiary/aromatic N) is 2. The minimum atomic E-state index is 0.685. The molecular weight excluding hydrogens is 310 g/mol. The molecule has 6 heteroatoms. The van der Waals surface area contributed by atoms with Crippen LogP contribution in [0.2, 0.25) is 0 Å². The first-order chi connectivity index (χ1) is 9.15. The number of hydrogen-bond donors (Lipinski definition) is 1. The number of aliphatic imine (C=N–C) groups is 1. The lowest BCUT2D eigenvalue weighted by atomic mass is 10.2. The minimum Gasteiger partial charge on any atom is -0.493 e. The molecule has 0 aliphatic carbocycles. The van der Waals surface area contributed by atoms with Gasteiger partial charge in [-0.15, -0.1) is 0 Å². The average Bonchev–Trinajstić information content (AvgIpc) is 2.82. The number of nitrogens with one attached hydrogen (secondary N) is 1. The second-order valence-corrected chi connectivity index (χ2v) is 5.13.